The van der Waals surface area contributed by atoms with Gasteiger partial charge in [0.25, 0.3) is 11.7 Å². The van der Waals surface area contributed by atoms with Crippen LogP contribution in [0.15, 0.2) is 84.4 Å². The predicted molar refractivity (Wildman–Crippen MR) is 121 cm³/mol. The average Bonchev–Trinajstić information content (AvgIpc) is 3.09. The predicted octanol–water partition coefficient (Wildman–Crippen LogP) is 4.02. The third kappa shape index (κ3) is 4.21. The first-order chi connectivity index (χ1) is 15.9. The van der Waals surface area contributed by atoms with Crippen LogP contribution in [0.5, 0.6) is 5.75 Å². The largest absolute Gasteiger partial charge is 0.507 e. The van der Waals surface area contributed by atoms with E-state index < -0.39 is 23.7 Å². The first-order valence-electron chi connectivity index (χ1n) is 10.2. The van der Waals surface area contributed by atoms with Gasteiger partial charge in [-0.1, -0.05) is 54.6 Å². The van der Waals surface area contributed by atoms with Gasteiger partial charge in [0.2, 0.25) is 0 Å². The van der Waals surface area contributed by atoms with E-state index in [4.69, 9.17) is 9.84 Å². The van der Waals surface area contributed by atoms with E-state index in [0.29, 0.717) is 22.4 Å². The van der Waals surface area contributed by atoms with Crippen molar-refractivity contribution < 1.29 is 29.3 Å². The lowest BCUT2D eigenvalue weighted by Gasteiger charge is -2.25. The molecule has 1 aliphatic heterocycles. The highest BCUT2D eigenvalue weighted by Crippen LogP contribution is 2.40. The Morgan fingerprint density at radius 2 is 1.61 bits per heavy atom. The molecule has 0 aliphatic carbocycles. The molecule has 4 rings (SSSR count). The minimum Gasteiger partial charge on any atom is -0.507 e. The molecule has 0 aromatic heterocycles. The maximum Gasteiger partial charge on any atom is 0.335 e. The highest BCUT2D eigenvalue weighted by Gasteiger charge is 2.46. The number of hydrogen-bond donors (Lipinski definition) is 2. The van der Waals surface area contributed by atoms with E-state index in [1.165, 1.54) is 24.1 Å². The summed E-state index contributed by atoms with van der Waals surface area (Å²) in [4.78, 5) is 38.7. The quantitative estimate of drug-likeness (QED) is 0.339. The van der Waals surface area contributed by atoms with Crippen LogP contribution in [0, 0.1) is 0 Å². The number of carbonyl (C=O) groups is 3. The summed E-state index contributed by atoms with van der Waals surface area (Å²) in [6, 6.07) is 20.9. The summed E-state index contributed by atoms with van der Waals surface area (Å²) in [5.74, 6) is -2.36. The number of hydrogen-bond acceptors (Lipinski definition) is 5. The van der Waals surface area contributed by atoms with E-state index in [2.05, 4.69) is 0 Å². The highest BCUT2D eigenvalue weighted by molar-refractivity contribution is 6.46. The zero-order valence-electron chi connectivity index (χ0n) is 17.8. The Morgan fingerprint density at radius 3 is 2.24 bits per heavy atom. The van der Waals surface area contributed by atoms with Crippen molar-refractivity contribution in [1.82, 2.24) is 4.90 Å². The minimum absolute atomic E-state index is 0.0124. The zero-order valence-corrected chi connectivity index (χ0v) is 17.8. The van der Waals surface area contributed by atoms with Crippen LogP contribution in [0.25, 0.3) is 5.76 Å². The van der Waals surface area contributed by atoms with Gasteiger partial charge in [-0.2, -0.15) is 0 Å². The van der Waals surface area contributed by atoms with Crippen LogP contribution in [-0.4, -0.2) is 39.9 Å². The Balaban J connectivity index is 1.80. The summed E-state index contributed by atoms with van der Waals surface area (Å²) in [5, 5.41) is 20.2. The maximum atomic E-state index is 13.1. The molecule has 1 fully saturated rings. The molecule has 1 unspecified atom stereocenters. The van der Waals surface area contributed by atoms with Crippen LogP contribution in [0.2, 0.25) is 0 Å². The Hall–Kier alpha value is -4.39. The monoisotopic (exact) mass is 443 g/mol. The highest BCUT2D eigenvalue weighted by atomic mass is 16.5. The van der Waals surface area contributed by atoms with E-state index in [9.17, 15) is 19.5 Å². The van der Waals surface area contributed by atoms with E-state index in [1.54, 1.807) is 60.7 Å². The molecule has 1 saturated heterocycles. The van der Waals surface area contributed by atoms with Crippen molar-refractivity contribution >= 4 is 23.4 Å². The summed E-state index contributed by atoms with van der Waals surface area (Å²) in [6.45, 7) is 0.0684. The lowest BCUT2D eigenvalue weighted by molar-refractivity contribution is -0.140. The molecule has 0 saturated carbocycles. The molecule has 166 valence electrons. The van der Waals surface area contributed by atoms with Gasteiger partial charge in [-0.05, 0) is 35.4 Å². The lowest BCUT2D eigenvalue weighted by Crippen LogP contribution is -2.29. The number of aliphatic hydroxyl groups excluding tert-OH is 1. The Labute approximate surface area is 190 Å². The van der Waals surface area contributed by atoms with Gasteiger partial charge in [0.1, 0.15) is 11.5 Å². The third-order valence-corrected chi connectivity index (χ3v) is 5.55. The number of benzene rings is 3. The fourth-order valence-corrected chi connectivity index (χ4v) is 3.90. The van der Waals surface area contributed by atoms with Gasteiger partial charge in [-0.15, -0.1) is 0 Å². The number of methoxy groups -OCH3 is 1. The van der Waals surface area contributed by atoms with Crippen molar-refractivity contribution in [2.75, 3.05) is 7.11 Å². The Morgan fingerprint density at radius 1 is 0.909 bits per heavy atom. The lowest BCUT2D eigenvalue weighted by atomic mass is 9.95. The van der Waals surface area contributed by atoms with Crippen LogP contribution in [-0.2, 0) is 16.1 Å². The molecule has 2 N–H and O–H groups in total. The second-order valence-corrected chi connectivity index (χ2v) is 7.57. The van der Waals surface area contributed by atoms with E-state index in [-0.39, 0.29) is 23.4 Å². The molecule has 1 atom stereocenters. The van der Waals surface area contributed by atoms with Gasteiger partial charge >= 0.3 is 5.97 Å². The number of aromatic carboxylic acids is 1. The van der Waals surface area contributed by atoms with Crippen LogP contribution in [0.4, 0.5) is 0 Å². The van der Waals surface area contributed by atoms with Gasteiger partial charge in [0.15, 0.2) is 0 Å². The Bertz CT molecular complexity index is 1250. The summed E-state index contributed by atoms with van der Waals surface area (Å²) < 4.78 is 5.22. The number of aliphatic hydroxyl groups is 1. The molecule has 7 heteroatoms. The number of carbonyl (C=O) groups excluding carboxylic acids is 2. The molecular weight excluding hydrogens is 422 g/mol. The van der Waals surface area contributed by atoms with E-state index in [0.717, 1.165) is 0 Å². The van der Waals surface area contributed by atoms with Crippen molar-refractivity contribution in [2.45, 2.75) is 12.6 Å². The van der Waals surface area contributed by atoms with Gasteiger partial charge in [0.05, 0.1) is 24.3 Å². The molecule has 0 spiro atoms. The van der Waals surface area contributed by atoms with Crippen LogP contribution >= 0.6 is 0 Å². The smallest absolute Gasteiger partial charge is 0.335 e. The van der Waals surface area contributed by atoms with Gasteiger partial charge in [-0.25, -0.2) is 4.79 Å². The number of amides is 1. The molecule has 0 radical (unpaired) electrons. The standard InChI is InChI=1S/C26H21NO6/c1-33-20-9-5-8-19(14-20)23(28)21-22(17-6-3-2-4-7-17)27(25(30)24(21)29)15-16-10-12-18(13-11-16)26(31)32/h2-14,22,28H,15H2,1H3,(H,31,32)/b23-21+. The van der Waals surface area contributed by atoms with Crippen LogP contribution in [0.1, 0.15) is 33.1 Å². The normalized spacial score (nSPS) is 17.2. The number of likely N-dealkylation sites (tertiary alicyclic amines) is 1. The van der Waals surface area contributed by atoms with Gasteiger partial charge < -0.3 is 19.8 Å². The summed E-state index contributed by atoms with van der Waals surface area (Å²) >= 11 is 0. The number of carboxylic acids is 1. The molecule has 0 bridgehead atoms. The van der Waals surface area contributed by atoms with E-state index >= 15 is 0 Å². The molecular formula is C26H21NO6. The second kappa shape index (κ2) is 9.00. The SMILES string of the molecule is COc1cccc(/C(O)=C2\C(=O)C(=O)N(Cc3ccc(C(=O)O)cc3)C2c2ccccc2)c1. The van der Waals surface area contributed by atoms with Crippen molar-refractivity contribution in [3.63, 3.8) is 0 Å². The molecule has 1 aliphatic rings. The summed E-state index contributed by atoms with van der Waals surface area (Å²) in [5.41, 5.74) is 1.80. The maximum absolute atomic E-state index is 13.1. The van der Waals surface area contributed by atoms with Crippen LogP contribution in [0.3, 0.4) is 0 Å². The third-order valence-electron chi connectivity index (χ3n) is 5.55. The molecule has 1 heterocycles. The summed E-state index contributed by atoms with van der Waals surface area (Å²) in [7, 11) is 1.50. The number of rotatable bonds is 6. The topological polar surface area (TPSA) is 104 Å². The Kier molecular flexibility index (Phi) is 5.95. The minimum atomic E-state index is -1.05. The zero-order chi connectivity index (χ0) is 23.5. The average molecular weight is 443 g/mol. The number of ketones is 1. The number of ether oxygens (including phenoxy) is 1. The molecule has 3 aromatic rings. The fraction of sp³-hybridized carbons (Fsp3) is 0.115. The number of Topliss-reactive ketones (excluding diaryl/α,β-unsaturated/α-hetero) is 1. The molecule has 3 aromatic carbocycles. The van der Waals surface area contributed by atoms with Crippen molar-refractivity contribution in [3.05, 3.63) is 107 Å². The second-order valence-electron chi connectivity index (χ2n) is 7.57. The molecule has 7 nitrogen and oxygen atoms in total. The first-order valence-corrected chi connectivity index (χ1v) is 10.2. The van der Waals surface area contributed by atoms with E-state index in [1.807, 2.05) is 6.07 Å². The number of nitrogens with zero attached hydrogens (tertiary/aromatic N) is 1. The van der Waals surface area contributed by atoms with Gasteiger partial charge in [0, 0.05) is 12.1 Å². The number of carboxylic acid groups (broad SMARTS) is 1. The van der Waals surface area contributed by atoms with Crippen LogP contribution < -0.4 is 4.74 Å². The van der Waals surface area contributed by atoms with Crippen molar-refractivity contribution in [1.29, 1.82) is 0 Å². The summed E-state index contributed by atoms with van der Waals surface area (Å²) in [6.07, 6.45) is 0. The first kappa shape index (κ1) is 21.8. The molecule has 1 amide bonds. The van der Waals surface area contributed by atoms with Crippen molar-refractivity contribution in [3.8, 4) is 5.75 Å². The van der Waals surface area contributed by atoms with Gasteiger partial charge in [-0.3, -0.25) is 9.59 Å². The fourth-order valence-electron chi connectivity index (χ4n) is 3.90. The molecule has 33 heavy (non-hydrogen) atoms. The van der Waals surface area contributed by atoms with Crippen molar-refractivity contribution in [2.24, 2.45) is 0 Å².